The summed E-state index contributed by atoms with van der Waals surface area (Å²) in [5, 5.41) is 18.6. The molecule has 7 nitrogen and oxygen atoms in total. The van der Waals surface area contributed by atoms with E-state index in [0.717, 1.165) is 10.8 Å². The van der Waals surface area contributed by atoms with Gasteiger partial charge in [0, 0.05) is 18.7 Å². The molecule has 10 heteroatoms. The van der Waals surface area contributed by atoms with Crippen molar-refractivity contribution in [1.29, 1.82) is 0 Å². The lowest BCUT2D eigenvalue weighted by Crippen LogP contribution is -2.33. The summed E-state index contributed by atoms with van der Waals surface area (Å²) in [4.78, 5) is 25.1. The Hall–Kier alpha value is -1.91. The molecule has 122 valence electrons. The summed E-state index contributed by atoms with van der Waals surface area (Å²) in [7, 11) is 0. The van der Waals surface area contributed by atoms with Crippen LogP contribution in [0.25, 0.3) is 6.08 Å². The third-order valence-corrected chi connectivity index (χ3v) is 3.14. The maximum absolute atomic E-state index is 12.1. The van der Waals surface area contributed by atoms with Gasteiger partial charge in [-0.1, -0.05) is 0 Å². The highest BCUT2D eigenvalue weighted by atomic mass is 19.4. The zero-order valence-corrected chi connectivity index (χ0v) is 11.1. The minimum Gasteiger partial charge on any atom is -0.394 e. The molecule has 0 bridgehead atoms. The number of aromatic amines is 1. The summed E-state index contributed by atoms with van der Waals surface area (Å²) in [5.74, 6) is 0. The summed E-state index contributed by atoms with van der Waals surface area (Å²) in [6.45, 7) is -0.476. The molecule has 0 aromatic carbocycles. The number of hydrogen-bond donors (Lipinski definition) is 3. The number of aliphatic hydroxyl groups is 2. The van der Waals surface area contributed by atoms with Crippen LogP contribution in [0.5, 0.6) is 0 Å². The fraction of sp³-hybridized carbons (Fsp3) is 0.500. The highest BCUT2D eigenvalue weighted by Gasteiger charge is 2.35. The lowest BCUT2D eigenvalue weighted by Gasteiger charge is -2.14. The molecule has 2 rings (SSSR count). The third kappa shape index (κ3) is 3.64. The Kier molecular flexibility index (Phi) is 4.54. The maximum Gasteiger partial charge on any atom is 0.409 e. The standard InChI is InChI=1S/C12H13F3N2O5/c13-12(14,15)2-1-6-4-17(11(21)16-10(6)20)9-3-7(19)8(5-18)22-9/h1-2,4,7-9,18-19H,3,5H2,(H,16,20,21)/b2-1+/t7-,8+,9+/m0/s1. The van der Waals surface area contributed by atoms with Crippen LogP contribution in [-0.4, -0.2) is 44.8 Å². The Bertz CT molecular complexity index is 679. The second-order valence-electron chi connectivity index (χ2n) is 4.74. The minimum absolute atomic E-state index is 0.0421. The molecule has 0 amide bonds. The number of nitrogens with one attached hydrogen (secondary N) is 1. The number of aliphatic hydroxyl groups excluding tert-OH is 2. The van der Waals surface area contributed by atoms with Gasteiger partial charge in [0.15, 0.2) is 0 Å². The van der Waals surface area contributed by atoms with Crippen LogP contribution in [0.2, 0.25) is 0 Å². The lowest BCUT2D eigenvalue weighted by atomic mass is 10.2. The first-order valence-corrected chi connectivity index (χ1v) is 6.27. The minimum atomic E-state index is -4.60. The fourth-order valence-electron chi connectivity index (χ4n) is 2.07. The van der Waals surface area contributed by atoms with E-state index in [9.17, 15) is 27.9 Å². The van der Waals surface area contributed by atoms with Crippen LogP contribution >= 0.6 is 0 Å². The Morgan fingerprint density at radius 2 is 2.14 bits per heavy atom. The quantitative estimate of drug-likeness (QED) is 0.712. The van der Waals surface area contributed by atoms with Crippen molar-refractivity contribution >= 4 is 6.08 Å². The van der Waals surface area contributed by atoms with Crippen LogP contribution in [0.15, 0.2) is 21.9 Å². The number of halogens is 3. The van der Waals surface area contributed by atoms with E-state index in [1.165, 1.54) is 0 Å². The van der Waals surface area contributed by atoms with Crippen molar-refractivity contribution in [3.8, 4) is 0 Å². The van der Waals surface area contributed by atoms with E-state index in [1.807, 2.05) is 4.98 Å². The van der Waals surface area contributed by atoms with Crippen LogP contribution in [-0.2, 0) is 4.74 Å². The Balaban J connectivity index is 2.36. The molecule has 2 heterocycles. The molecule has 0 radical (unpaired) electrons. The number of H-pyrrole nitrogens is 1. The van der Waals surface area contributed by atoms with E-state index in [1.54, 1.807) is 0 Å². The molecular weight excluding hydrogens is 309 g/mol. The van der Waals surface area contributed by atoms with Crippen molar-refractivity contribution in [2.24, 2.45) is 0 Å². The summed E-state index contributed by atoms with van der Waals surface area (Å²) < 4.78 is 42.5. The average molecular weight is 322 g/mol. The predicted molar refractivity (Wildman–Crippen MR) is 68.0 cm³/mol. The van der Waals surface area contributed by atoms with Crippen LogP contribution in [0.1, 0.15) is 18.2 Å². The number of rotatable bonds is 3. The maximum atomic E-state index is 12.1. The molecule has 22 heavy (non-hydrogen) atoms. The molecule has 1 aromatic heterocycles. The zero-order chi connectivity index (χ0) is 16.5. The monoisotopic (exact) mass is 322 g/mol. The SMILES string of the molecule is O=c1[nH]c(=O)n([C@H]2C[C@H](O)[C@@H](CO)O2)cc1/C=C/C(F)(F)F. The van der Waals surface area contributed by atoms with Crippen LogP contribution in [0.3, 0.4) is 0 Å². The van der Waals surface area contributed by atoms with Crippen molar-refractivity contribution in [2.75, 3.05) is 6.61 Å². The number of allylic oxidation sites excluding steroid dienone is 1. The molecule has 0 unspecified atom stereocenters. The van der Waals surface area contributed by atoms with Crippen LogP contribution in [0, 0.1) is 0 Å². The van der Waals surface area contributed by atoms with Gasteiger partial charge in [0.1, 0.15) is 12.3 Å². The molecule has 0 saturated carbocycles. The molecule has 0 spiro atoms. The van der Waals surface area contributed by atoms with E-state index in [0.29, 0.717) is 6.08 Å². The van der Waals surface area contributed by atoms with E-state index < -0.39 is 42.5 Å². The van der Waals surface area contributed by atoms with E-state index in [2.05, 4.69) is 0 Å². The van der Waals surface area contributed by atoms with Crippen LogP contribution < -0.4 is 11.2 Å². The van der Waals surface area contributed by atoms with Crippen molar-refractivity contribution < 1.29 is 28.1 Å². The predicted octanol–water partition coefficient (Wildman–Crippen LogP) is -0.247. The van der Waals surface area contributed by atoms with Gasteiger partial charge in [-0.25, -0.2) is 4.79 Å². The summed E-state index contributed by atoms with van der Waals surface area (Å²) in [6.07, 6.45) is -6.25. The van der Waals surface area contributed by atoms with Gasteiger partial charge in [0.05, 0.1) is 18.3 Å². The zero-order valence-electron chi connectivity index (χ0n) is 11.1. The number of ether oxygens (including phenoxy) is 1. The molecule has 3 atom stereocenters. The van der Waals surface area contributed by atoms with Gasteiger partial charge in [-0.2, -0.15) is 13.2 Å². The largest absolute Gasteiger partial charge is 0.409 e. The van der Waals surface area contributed by atoms with E-state index in [-0.39, 0.29) is 18.1 Å². The first kappa shape index (κ1) is 16.5. The molecule has 3 N–H and O–H groups in total. The van der Waals surface area contributed by atoms with Gasteiger partial charge >= 0.3 is 11.9 Å². The molecular formula is C12H13F3N2O5. The second-order valence-corrected chi connectivity index (χ2v) is 4.74. The Morgan fingerprint density at radius 3 is 2.68 bits per heavy atom. The highest BCUT2D eigenvalue weighted by molar-refractivity contribution is 5.47. The molecule has 1 fully saturated rings. The summed E-state index contributed by atoms with van der Waals surface area (Å²) in [5.41, 5.74) is -2.24. The highest BCUT2D eigenvalue weighted by Crippen LogP contribution is 2.27. The van der Waals surface area contributed by atoms with Gasteiger partial charge < -0.3 is 14.9 Å². The van der Waals surface area contributed by atoms with Gasteiger partial charge in [0.25, 0.3) is 5.56 Å². The Labute approximate surface area is 121 Å². The summed E-state index contributed by atoms with van der Waals surface area (Å²) in [6, 6.07) is 0. The average Bonchev–Trinajstić information content (AvgIpc) is 2.77. The van der Waals surface area contributed by atoms with Gasteiger partial charge in [-0.3, -0.25) is 14.3 Å². The van der Waals surface area contributed by atoms with Gasteiger partial charge in [-0.05, 0) is 6.08 Å². The fourth-order valence-corrected chi connectivity index (χ4v) is 2.07. The van der Waals surface area contributed by atoms with Crippen molar-refractivity contribution in [2.45, 2.75) is 31.0 Å². The first-order valence-electron chi connectivity index (χ1n) is 6.27. The number of nitrogens with zero attached hydrogens (tertiary/aromatic N) is 1. The topological polar surface area (TPSA) is 105 Å². The van der Waals surface area contributed by atoms with Crippen molar-refractivity contribution in [3.05, 3.63) is 38.7 Å². The van der Waals surface area contributed by atoms with E-state index >= 15 is 0 Å². The first-order chi connectivity index (χ1) is 10.2. The number of aromatic nitrogens is 2. The van der Waals surface area contributed by atoms with Gasteiger partial charge in [0.2, 0.25) is 0 Å². The second kappa shape index (κ2) is 6.07. The van der Waals surface area contributed by atoms with Crippen molar-refractivity contribution in [3.63, 3.8) is 0 Å². The summed E-state index contributed by atoms with van der Waals surface area (Å²) >= 11 is 0. The number of alkyl halides is 3. The lowest BCUT2D eigenvalue weighted by molar-refractivity contribution is -0.0790. The molecule has 1 aromatic rings. The molecule has 1 aliphatic heterocycles. The number of hydrogen-bond acceptors (Lipinski definition) is 5. The smallest absolute Gasteiger partial charge is 0.394 e. The van der Waals surface area contributed by atoms with Crippen LogP contribution in [0.4, 0.5) is 13.2 Å². The van der Waals surface area contributed by atoms with Gasteiger partial charge in [-0.15, -0.1) is 0 Å². The molecule has 1 aliphatic rings. The third-order valence-electron chi connectivity index (χ3n) is 3.14. The normalized spacial score (nSPS) is 26.0. The molecule has 1 saturated heterocycles. The molecule has 0 aliphatic carbocycles. The Morgan fingerprint density at radius 1 is 1.45 bits per heavy atom. The van der Waals surface area contributed by atoms with Crippen molar-refractivity contribution in [1.82, 2.24) is 9.55 Å². The van der Waals surface area contributed by atoms with E-state index in [4.69, 9.17) is 9.84 Å².